The zero-order valence-corrected chi connectivity index (χ0v) is 42.7. The molecule has 9 heteroatoms. The molecule has 0 bridgehead atoms. The SMILES string of the molecule is [Cl][Pt+].[Cl][Pt].[SH-].c1ccc(P(CP(c2ccccc2)c2ccccc2)c2ccccc2)cc1.c1ccc(P(CP(c2ccccc2)c2ccccc2)c2ccccc2)cc1. The standard InChI is InChI=1S/2C25H22P2.2ClH.2Pt.H2S/c2*1-5-13-22(14-6-1)26(23-15-7-2-8-16-23)21-27(24-17-9-3-10-18-24)25-19-11-4-12-20-25;;;;;/h2*1-20H,21H2;2*1H;;;1H2/q;;;;+1;+2;/p-3. The Morgan fingerprint density at radius 2 is 0.356 bits per heavy atom. The molecule has 0 fully saturated rings. The molecule has 0 atom stereocenters. The largest absolute Gasteiger partial charge is 0.813 e. The van der Waals surface area contributed by atoms with Crippen molar-refractivity contribution in [3.05, 3.63) is 243 Å². The zero-order chi connectivity index (χ0) is 40.6. The minimum absolute atomic E-state index is 0. The molecule has 8 aromatic rings. The molecule has 0 saturated heterocycles. The molecule has 0 aliphatic carbocycles. The van der Waals surface area contributed by atoms with Gasteiger partial charge in [0.25, 0.3) is 0 Å². The Balaban J connectivity index is 0.000000237. The average molecular weight is 1260 g/mol. The third kappa shape index (κ3) is 15.6. The second kappa shape index (κ2) is 29.2. The van der Waals surface area contributed by atoms with E-state index in [2.05, 4.69) is 261 Å². The van der Waals surface area contributed by atoms with E-state index in [4.69, 9.17) is 0 Å². The van der Waals surface area contributed by atoms with Gasteiger partial charge in [-0.2, -0.15) is 0 Å². The van der Waals surface area contributed by atoms with E-state index in [9.17, 15) is 0 Å². The summed E-state index contributed by atoms with van der Waals surface area (Å²) in [6.45, 7) is 0. The van der Waals surface area contributed by atoms with E-state index in [0.717, 1.165) is 0 Å². The van der Waals surface area contributed by atoms with Gasteiger partial charge in [0, 0.05) is 11.8 Å². The molecule has 0 amide bonds. The van der Waals surface area contributed by atoms with Crippen molar-refractivity contribution in [2.45, 2.75) is 0 Å². The van der Waals surface area contributed by atoms with Crippen molar-refractivity contribution in [2.24, 2.45) is 0 Å². The minimum atomic E-state index is -0.409. The van der Waals surface area contributed by atoms with Crippen LogP contribution in [0.2, 0.25) is 0 Å². The predicted molar refractivity (Wildman–Crippen MR) is 266 cm³/mol. The van der Waals surface area contributed by atoms with E-state index >= 15 is 0 Å². The number of rotatable bonds is 12. The van der Waals surface area contributed by atoms with Crippen molar-refractivity contribution in [2.75, 3.05) is 11.8 Å². The molecule has 0 saturated carbocycles. The molecule has 0 N–H and O–H groups in total. The topological polar surface area (TPSA) is 0 Å². The quantitative estimate of drug-likeness (QED) is 0.0667. The first-order chi connectivity index (χ1) is 28.8. The van der Waals surface area contributed by atoms with E-state index in [-0.39, 0.29) is 13.5 Å². The van der Waals surface area contributed by atoms with Gasteiger partial charge in [-0.15, -0.1) is 0 Å². The maximum atomic E-state index is 4.61. The Morgan fingerprint density at radius 1 is 0.254 bits per heavy atom. The molecule has 0 unspecified atom stereocenters. The van der Waals surface area contributed by atoms with Crippen LogP contribution in [0.15, 0.2) is 243 Å². The van der Waals surface area contributed by atoms with Gasteiger partial charge in [0.05, 0.1) is 0 Å². The number of halogens is 2. The first-order valence-corrected chi connectivity index (χ1v) is 30.3. The van der Waals surface area contributed by atoms with Gasteiger partial charge in [-0.1, -0.05) is 243 Å². The summed E-state index contributed by atoms with van der Waals surface area (Å²) in [5, 5.41) is 11.7. The van der Waals surface area contributed by atoms with Gasteiger partial charge >= 0.3 is 56.4 Å². The molecule has 0 aromatic heterocycles. The van der Waals surface area contributed by atoms with E-state index in [1.54, 1.807) is 37.5 Å². The fourth-order valence-corrected chi connectivity index (χ4v) is 19.3. The normalized spacial score (nSPS) is 10.3. The Kier molecular flexibility index (Phi) is 24.4. The molecule has 0 aliphatic rings. The van der Waals surface area contributed by atoms with Crippen LogP contribution >= 0.6 is 50.5 Å². The Labute approximate surface area is 394 Å². The van der Waals surface area contributed by atoms with E-state index in [1.165, 1.54) is 54.2 Å². The molecular formula is C50H45Cl2P4Pt2S. The summed E-state index contributed by atoms with van der Waals surface area (Å²) in [5.74, 6) is 2.35. The van der Waals surface area contributed by atoms with E-state index in [1.807, 2.05) is 0 Å². The Morgan fingerprint density at radius 3 is 0.458 bits per heavy atom. The third-order valence-electron chi connectivity index (χ3n) is 9.11. The van der Waals surface area contributed by atoms with Crippen LogP contribution in [-0.2, 0) is 51.0 Å². The van der Waals surface area contributed by atoms with Gasteiger partial charge in [-0.3, -0.25) is 0 Å². The van der Waals surface area contributed by atoms with Gasteiger partial charge in [0.1, 0.15) is 0 Å². The van der Waals surface area contributed by atoms with Crippen molar-refractivity contribution in [1.82, 2.24) is 0 Å². The fraction of sp³-hybridized carbons (Fsp3) is 0.0400. The molecule has 8 aromatic carbocycles. The smallest absolute Gasteiger partial charge is 0.00405 e. The molecule has 59 heavy (non-hydrogen) atoms. The van der Waals surface area contributed by atoms with Gasteiger partial charge in [0.2, 0.25) is 0 Å². The molecule has 0 spiro atoms. The summed E-state index contributed by atoms with van der Waals surface area (Å²) in [6, 6.07) is 88.3. The number of hydrogen-bond donors (Lipinski definition) is 0. The van der Waals surface area contributed by atoms with Crippen molar-refractivity contribution in [3.63, 3.8) is 0 Å². The molecule has 8 rings (SSSR count). The summed E-state index contributed by atoms with van der Waals surface area (Å²) >= 11 is 3.22. The summed E-state index contributed by atoms with van der Waals surface area (Å²) < 4.78 is 0. The predicted octanol–water partition coefficient (Wildman–Crippen LogP) is 11.5. The summed E-state index contributed by atoms with van der Waals surface area (Å²) in [7, 11) is 7.59. The zero-order valence-electron chi connectivity index (χ0n) is 32.1. The molecule has 305 valence electrons. The molecule has 0 radical (unpaired) electrons. The molecular weight excluding hydrogens is 1220 g/mol. The van der Waals surface area contributed by atoms with Crippen LogP contribution in [0.3, 0.4) is 0 Å². The first-order valence-electron chi connectivity index (χ1n) is 18.6. The van der Waals surface area contributed by atoms with Crippen LogP contribution in [0.4, 0.5) is 0 Å². The van der Waals surface area contributed by atoms with E-state index < -0.39 is 31.7 Å². The van der Waals surface area contributed by atoms with Crippen molar-refractivity contribution in [1.29, 1.82) is 0 Å². The van der Waals surface area contributed by atoms with Crippen LogP contribution < -0.4 is 42.4 Å². The number of hydrogen-bond acceptors (Lipinski definition) is 1. The van der Waals surface area contributed by atoms with Gasteiger partial charge in [-0.25, -0.2) is 0 Å². The summed E-state index contributed by atoms with van der Waals surface area (Å²) in [6.07, 6.45) is 0. The average Bonchev–Trinajstić information content (AvgIpc) is 3.33. The monoisotopic (exact) mass is 1260 g/mol. The maximum absolute atomic E-state index is 4.61. The van der Waals surface area contributed by atoms with Crippen LogP contribution in [0.1, 0.15) is 0 Å². The van der Waals surface area contributed by atoms with Gasteiger partial charge < -0.3 is 13.5 Å². The number of thiol groups is 1. The first kappa shape index (κ1) is 49.4. The van der Waals surface area contributed by atoms with Crippen LogP contribution in [-0.4, -0.2) is 11.8 Å². The van der Waals surface area contributed by atoms with Crippen LogP contribution in [0.25, 0.3) is 0 Å². The fourth-order valence-electron chi connectivity index (χ4n) is 6.40. The van der Waals surface area contributed by atoms with Gasteiger partial charge in [0.15, 0.2) is 0 Å². The summed E-state index contributed by atoms with van der Waals surface area (Å²) in [5.41, 5.74) is 0. The molecule has 0 aliphatic heterocycles. The minimum Gasteiger partial charge on any atom is -0.813 e. The third-order valence-corrected chi connectivity index (χ3v) is 21.0. The van der Waals surface area contributed by atoms with Crippen molar-refractivity contribution >= 4 is 106 Å². The molecule has 0 nitrogen and oxygen atoms in total. The van der Waals surface area contributed by atoms with Crippen molar-refractivity contribution < 1.29 is 37.5 Å². The second-order valence-electron chi connectivity index (χ2n) is 12.7. The van der Waals surface area contributed by atoms with E-state index in [0.29, 0.717) is 0 Å². The maximum Gasteiger partial charge on any atom is 0.00405 e. The van der Waals surface area contributed by atoms with Crippen molar-refractivity contribution in [3.8, 4) is 0 Å². The van der Waals surface area contributed by atoms with Crippen LogP contribution in [0.5, 0.6) is 0 Å². The second-order valence-corrected chi connectivity index (χ2v) is 22.5. The Bertz CT molecular complexity index is 1750. The van der Waals surface area contributed by atoms with Crippen LogP contribution in [0, 0.1) is 0 Å². The number of benzene rings is 8. The Hall–Kier alpha value is -2.21. The summed E-state index contributed by atoms with van der Waals surface area (Å²) in [4.78, 5) is 0. The molecule has 0 heterocycles. The van der Waals surface area contributed by atoms with Gasteiger partial charge in [-0.05, 0) is 74.1 Å².